The number of fused-ring (bicyclic) bond motifs is 1. The predicted octanol–water partition coefficient (Wildman–Crippen LogP) is 3.02. The Labute approximate surface area is 194 Å². The molecule has 0 bridgehead atoms. The van der Waals surface area contributed by atoms with E-state index in [1.165, 1.54) is 10.6 Å². The molecule has 9 heteroatoms. The lowest BCUT2D eigenvalue weighted by Gasteiger charge is -2.35. The maximum Gasteiger partial charge on any atom is 0.253 e. The largest absolute Gasteiger partial charge is 0.496 e. The fraction of sp³-hybridized carbons (Fsp3) is 0.435. The number of carbonyl (C=O) groups excluding carboxylic acids is 1. The second kappa shape index (κ2) is 8.92. The molecule has 0 N–H and O–H groups in total. The maximum atomic E-state index is 13.1. The highest BCUT2D eigenvalue weighted by atomic mass is 35.5. The molecule has 1 unspecified atom stereocenters. The van der Waals surface area contributed by atoms with Gasteiger partial charge in [-0.2, -0.15) is 0 Å². The van der Waals surface area contributed by atoms with Crippen LogP contribution in [-0.2, 0) is 23.0 Å². The minimum atomic E-state index is -3.34. The van der Waals surface area contributed by atoms with Crippen molar-refractivity contribution >= 4 is 33.2 Å². The molecule has 2 aliphatic heterocycles. The Morgan fingerprint density at radius 1 is 1.12 bits per heavy atom. The minimum Gasteiger partial charge on any atom is -0.496 e. The van der Waals surface area contributed by atoms with Gasteiger partial charge in [0.15, 0.2) is 0 Å². The third kappa shape index (κ3) is 4.58. The molecule has 0 spiro atoms. The van der Waals surface area contributed by atoms with Crippen LogP contribution >= 0.6 is 11.6 Å². The summed E-state index contributed by atoms with van der Waals surface area (Å²) in [6, 6.07) is 10.8. The fourth-order valence-electron chi connectivity index (χ4n) is 4.64. The summed E-state index contributed by atoms with van der Waals surface area (Å²) in [6.07, 6.45) is 1.83. The van der Waals surface area contributed by atoms with Crippen molar-refractivity contribution < 1.29 is 17.9 Å². The number of carbonyl (C=O) groups is 1. The van der Waals surface area contributed by atoms with Crippen molar-refractivity contribution in [1.29, 1.82) is 0 Å². The zero-order valence-electron chi connectivity index (χ0n) is 18.5. The summed E-state index contributed by atoms with van der Waals surface area (Å²) in [5, 5.41) is 0.676. The van der Waals surface area contributed by atoms with E-state index in [2.05, 4.69) is 4.90 Å². The number of anilines is 1. The molecule has 2 aliphatic rings. The van der Waals surface area contributed by atoms with Crippen LogP contribution in [-0.4, -0.2) is 69.7 Å². The minimum absolute atomic E-state index is 0.0155. The van der Waals surface area contributed by atoms with Crippen LogP contribution in [0.1, 0.15) is 28.4 Å². The molecular weight excluding hydrogens is 450 g/mol. The van der Waals surface area contributed by atoms with Gasteiger partial charge in [0.2, 0.25) is 10.0 Å². The third-order valence-electron chi connectivity index (χ3n) is 6.13. The molecule has 0 radical (unpaired) electrons. The van der Waals surface area contributed by atoms with Crippen molar-refractivity contribution in [3.05, 3.63) is 58.1 Å². The number of amides is 1. The summed E-state index contributed by atoms with van der Waals surface area (Å²) in [4.78, 5) is 17.3. The average Bonchev–Trinajstić information content (AvgIpc) is 3.09. The molecule has 0 aliphatic carbocycles. The van der Waals surface area contributed by atoms with Gasteiger partial charge >= 0.3 is 0 Å². The number of piperazine rings is 1. The average molecular weight is 478 g/mol. The summed E-state index contributed by atoms with van der Waals surface area (Å²) in [7, 11) is -1.69. The Balaban J connectivity index is 1.41. The summed E-state index contributed by atoms with van der Waals surface area (Å²) in [5.74, 6) is 0.793. The zero-order valence-corrected chi connectivity index (χ0v) is 20.1. The standard InChI is InChI=1S/C23H28ClN3O4S/c1-16-12-18-13-17(4-6-21(18)27(16)32(3,29)30)23(28)26-10-8-25(9-11-26)15-19-14-20(24)5-7-22(19)31-2/h4-7,13-14,16H,8-12,15H2,1-3H3. The van der Waals surface area contributed by atoms with E-state index < -0.39 is 10.0 Å². The molecule has 172 valence electrons. The molecule has 2 aromatic carbocycles. The number of halogens is 1. The van der Waals surface area contributed by atoms with E-state index in [1.54, 1.807) is 19.2 Å². The first kappa shape index (κ1) is 22.9. The first-order valence-electron chi connectivity index (χ1n) is 10.6. The molecule has 7 nitrogen and oxygen atoms in total. The van der Waals surface area contributed by atoms with Crippen LogP contribution in [0.25, 0.3) is 0 Å². The molecule has 1 fully saturated rings. The second-order valence-corrected chi connectivity index (χ2v) is 10.8. The van der Waals surface area contributed by atoms with Crippen LogP contribution in [0.2, 0.25) is 5.02 Å². The number of benzene rings is 2. The normalized spacial score (nSPS) is 19.2. The van der Waals surface area contributed by atoms with Crippen LogP contribution in [0, 0.1) is 0 Å². The lowest BCUT2D eigenvalue weighted by Crippen LogP contribution is -2.48. The van der Waals surface area contributed by atoms with Crippen LogP contribution in [0.15, 0.2) is 36.4 Å². The number of hydrogen-bond donors (Lipinski definition) is 0. The van der Waals surface area contributed by atoms with Gasteiger partial charge in [0, 0.05) is 54.9 Å². The van der Waals surface area contributed by atoms with Crippen LogP contribution in [0.5, 0.6) is 5.75 Å². The van der Waals surface area contributed by atoms with Gasteiger partial charge in [-0.05, 0) is 55.3 Å². The topological polar surface area (TPSA) is 70.2 Å². The van der Waals surface area contributed by atoms with Crippen LogP contribution < -0.4 is 9.04 Å². The van der Waals surface area contributed by atoms with Gasteiger partial charge in [0.1, 0.15) is 5.75 Å². The van der Waals surface area contributed by atoms with Crippen molar-refractivity contribution in [3.8, 4) is 5.75 Å². The molecule has 1 saturated heterocycles. The van der Waals surface area contributed by atoms with Crippen LogP contribution in [0.3, 0.4) is 0 Å². The first-order valence-corrected chi connectivity index (χ1v) is 12.9. The Morgan fingerprint density at radius 2 is 1.84 bits per heavy atom. The van der Waals surface area contributed by atoms with Crippen LogP contribution in [0.4, 0.5) is 5.69 Å². The van der Waals surface area contributed by atoms with Crippen molar-refractivity contribution in [2.75, 3.05) is 43.8 Å². The number of methoxy groups -OCH3 is 1. The van der Waals surface area contributed by atoms with Crippen molar-refractivity contribution in [2.24, 2.45) is 0 Å². The lowest BCUT2D eigenvalue weighted by molar-refractivity contribution is 0.0627. The van der Waals surface area contributed by atoms with Gasteiger partial charge in [0.05, 0.1) is 19.1 Å². The van der Waals surface area contributed by atoms with Gasteiger partial charge in [-0.25, -0.2) is 8.42 Å². The van der Waals surface area contributed by atoms with Crippen molar-refractivity contribution in [3.63, 3.8) is 0 Å². The van der Waals surface area contributed by atoms with E-state index in [9.17, 15) is 13.2 Å². The Kier molecular flexibility index (Phi) is 6.38. The lowest BCUT2D eigenvalue weighted by atomic mass is 10.1. The first-order chi connectivity index (χ1) is 15.2. The zero-order chi connectivity index (χ0) is 23.0. The summed E-state index contributed by atoms with van der Waals surface area (Å²) >= 11 is 6.14. The predicted molar refractivity (Wildman–Crippen MR) is 126 cm³/mol. The molecule has 4 rings (SSSR count). The van der Waals surface area contributed by atoms with Gasteiger partial charge < -0.3 is 9.64 Å². The van der Waals surface area contributed by atoms with E-state index >= 15 is 0 Å². The van der Waals surface area contributed by atoms with E-state index in [-0.39, 0.29) is 11.9 Å². The van der Waals surface area contributed by atoms with Gasteiger partial charge in [-0.15, -0.1) is 0 Å². The summed E-state index contributed by atoms with van der Waals surface area (Å²) in [5.41, 5.74) is 3.22. The number of rotatable bonds is 5. The number of sulfonamides is 1. The molecular formula is C23H28ClN3O4S. The Bertz CT molecular complexity index is 1130. The Morgan fingerprint density at radius 3 is 2.50 bits per heavy atom. The van der Waals surface area contributed by atoms with E-state index in [0.29, 0.717) is 42.3 Å². The third-order valence-corrected chi connectivity index (χ3v) is 7.64. The highest BCUT2D eigenvalue weighted by molar-refractivity contribution is 7.92. The maximum absolute atomic E-state index is 13.1. The van der Waals surface area contributed by atoms with Gasteiger partial charge in [0.25, 0.3) is 5.91 Å². The van der Waals surface area contributed by atoms with E-state index in [0.717, 1.165) is 30.0 Å². The molecule has 0 saturated carbocycles. The van der Waals surface area contributed by atoms with E-state index in [4.69, 9.17) is 16.3 Å². The monoisotopic (exact) mass is 477 g/mol. The smallest absolute Gasteiger partial charge is 0.253 e. The quantitative estimate of drug-likeness (QED) is 0.662. The molecule has 2 heterocycles. The van der Waals surface area contributed by atoms with Crippen molar-refractivity contribution in [2.45, 2.75) is 25.9 Å². The summed E-state index contributed by atoms with van der Waals surface area (Å²) < 4.78 is 31.1. The Hall–Kier alpha value is -2.29. The molecule has 32 heavy (non-hydrogen) atoms. The van der Waals surface area contributed by atoms with Crippen molar-refractivity contribution in [1.82, 2.24) is 9.80 Å². The fourth-order valence-corrected chi connectivity index (χ4v) is 6.10. The van der Waals surface area contributed by atoms with E-state index in [1.807, 2.05) is 36.1 Å². The number of nitrogens with zero attached hydrogens (tertiary/aromatic N) is 3. The number of ether oxygens (including phenoxy) is 1. The second-order valence-electron chi connectivity index (χ2n) is 8.48. The summed E-state index contributed by atoms with van der Waals surface area (Å²) in [6.45, 7) is 5.37. The molecule has 0 aromatic heterocycles. The van der Waals surface area contributed by atoms with Gasteiger partial charge in [-0.3, -0.25) is 14.0 Å². The molecule has 2 aromatic rings. The highest BCUT2D eigenvalue weighted by Crippen LogP contribution is 2.35. The molecule has 1 atom stereocenters. The van der Waals surface area contributed by atoms with Gasteiger partial charge in [-0.1, -0.05) is 11.6 Å². The molecule has 1 amide bonds. The highest BCUT2D eigenvalue weighted by Gasteiger charge is 2.33. The SMILES string of the molecule is COc1ccc(Cl)cc1CN1CCN(C(=O)c2ccc3c(c2)CC(C)N3S(C)(=O)=O)CC1. The number of hydrogen-bond acceptors (Lipinski definition) is 5.